The lowest BCUT2D eigenvalue weighted by Gasteiger charge is -1.98. The zero-order valence-electron chi connectivity index (χ0n) is 8.51. The van der Waals surface area contributed by atoms with Gasteiger partial charge in [-0.2, -0.15) is 0 Å². The number of carbonyl (C=O) groups is 1. The lowest BCUT2D eigenvalue weighted by molar-refractivity contribution is -0.389. The molecule has 7 heteroatoms. The molecule has 86 valence electrons. The Hall–Kier alpha value is -2.18. The summed E-state index contributed by atoms with van der Waals surface area (Å²) in [6.45, 7) is 3.57. The summed E-state index contributed by atoms with van der Waals surface area (Å²) >= 11 is 0. The van der Waals surface area contributed by atoms with Crippen LogP contribution in [0.1, 0.15) is 12.2 Å². The smallest absolute Gasteiger partial charge is 0.340 e. The van der Waals surface area contributed by atoms with Crippen molar-refractivity contribution in [1.82, 2.24) is 9.97 Å². The SMILES string of the molecule is C=CCOC(=O)CCc1ncc([N+](=O)[O-])[nH]1. The van der Waals surface area contributed by atoms with Gasteiger partial charge < -0.3 is 14.9 Å². The van der Waals surface area contributed by atoms with Gasteiger partial charge in [-0.1, -0.05) is 12.7 Å². The van der Waals surface area contributed by atoms with E-state index in [4.69, 9.17) is 4.74 Å². The number of rotatable bonds is 6. The summed E-state index contributed by atoms with van der Waals surface area (Å²) in [5, 5.41) is 10.3. The number of aryl methyl sites for hydroxylation is 1. The molecule has 0 bridgehead atoms. The first kappa shape index (κ1) is 11.9. The summed E-state index contributed by atoms with van der Waals surface area (Å²) in [6, 6.07) is 0. The molecule has 0 atom stereocenters. The van der Waals surface area contributed by atoms with Crippen molar-refractivity contribution in [3.05, 3.63) is 34.8 Å². The minimum Gasteiger partial charge on any atom is -0.461 e. The first-order chi connectivity index (χ1) is 7.63. The van der Waals surface area contributed by atoms with Crippen LogP contribution in [0.4, 0.5) is 5.82 Å². The van der Waals surface area contributed by atoms with Gasteiger partial charge in [0.25, 0.3) is 0 Å². The predicted octanol–water partition coefficient (Wildman–Crippen LogP) is 0.980. The van der Waals surface area contributed by atoms with E-state index in [2.05, 4.69) is 16.5 Å². The number of H-pyrrole nitrogens is 1. The quantitative estimate of drug-likeness (QED) is 0.337. The molecule has 0 amide bonds. The van der Waals surface area contributed by atoms with E-state index in [1.165, 1.54) is 6.08 Å². The van der Waals surface area contributed by atoms with E-state index in [9.17, 15) is 14.9 Å². The van der Waals surface area contributed by atoms with Gasteiger partial charge in [-0.05, 0) is 4.92 Å². The number of aromatic amines is 1. The van der Waals surface area contributed by atoms with Crippen LogP contribution in [0.15, 0.2) is 18.9 Å². The molecular formula is C9H11N3O4. The highest BCUT2D eigenvalue weighted by molar-refractivity contribution is 5.69. The summed E-state index contributed by atoms with van der Waals surface area (Å²) in [5.74, 6) is -0.185. The monoisotopic (exact) mass is 225 g/mol. The van der Waals surface area contributed by atoms with Gasteiger partial charge in [-0.3, -0.25) is 4.79 Å². The van der Waals surface area contributed by atoms with Gasteiger partial charge in [0.15, 0.2) is 5.82 Å². The summed E-state index contributed by atoms with van der Waals surface area (Å²) in [4.78, 5) is 27.1. The molecule has 0 saturated carbocycles. The number of nitrogens with zero attached hydrogens (tertiary/aromatic N) is 2. The van der Waals surface area contributed by atoms with Gasteiger partial charge in [-0.15, -0.1) is 0 Å². The van der Waals surface area contributed by atoms with E-state index in [0.29, 0.717) is 5.82 Å². The molecule has 0 aromatic carbocycles. The number of hydrogen-bond acceptors (Lipinski definition) is 5. The van der Waals surface area contributed by atoms with Crippen LogP contribution >= 0.6 is 0 Å². The largest absolute Gasteiger partial charge is 0.461 e. The molecule has 0 radical (unpaired) electrons. The van der Waals surface area contributed by atoms with Crippen LogP contribution in [0.3, 0.4) is 0 Å². The second-order valence-corrected chi connectivity index (χ2v) is 2.94. The molecule has 0 spiro atoms. The fourth-order valence-corrected chi connectivity index (χ4v) is 1.02. The third-order valence-electron chi connectivity index (χ3n) is 1.74. The zero-order chi connectivity index (χ0) is 12.0. The standard InChI is InChI=1S/C9H11N3O4/c1-2-5-16-9(13)4-3-7-10-6-8(11-7)12(14)15/h2,6H,1,3-5H2,(H,10,11). The molecule has 1 heterocycles. The first-order valence-electron chi connectivity index (χ1n) is 4.58. The van der Waals surface area contributed by atoms with E-state index in [0.717, 1.165) is 6.20 Å². The highest BCUT2D eigenvalue weighted by Gasteiger charge is 2.11. The highest BCUT2D eigenvalue weighted by Crippen LogP contribution is 2.07. The van der Waals surface area contributed by atoms with Crippen molar-refractivity contribution in [2.75, 3.05) is 6.61 Å². The van der Waals surface area contributed by atoms with Gasteiger partial charge >= 0.3 is 11.8 Å². The van der Waals surface area contributed by atoms with Crippen LogP contribution in [0.2, 0.25) is 0 Å². The molecule has 1 aromatic rings. The van der Waals surface area contributed by atoms with E-state index >= 15 is 0 Å². The van der Waals surface area contributed by atoms with Crippen molar-refractivity contribution in [2.45, 2.75) is 12.8 Å². The second kappa shape index (κ2) is 5.64. The van der Waals surface area contributed by atoms with Gasteiger partial charge in [-0.25, -0.2) is 9.97 Å². The lowest BCUT2D eigenvalue weighted by Crippen LogP contribution is -2.06. The van der Waals surface area contributed by atoms with Crippen molar-refractivity contribution < 1.29 is 14.5 Å². The molecule has 0 saturated heterocycles. The molecular weight excluding hydrogens is 214 g/mol. The van der Waals surface area contributed by atoms with Crippen molar-refractivity contribution in [1.29, 1.82) is 0 Å². The Morgan fingerprint density at radius 2 is 2.50 bits per heavy atom. The molecule has 1 aromatic heterocycles. The normalized spacial score (nSPS) is 9.75. The number of nitrogens with one attached hydrogen (secondary N) is 1. The minimum atomic E-state index is -0.577. The number of aromatic nitrogens is 2. The van der Waals surface area contributed by atoms with Crippen LogP contribution in [0, 0.1) is 10.1 Å². The summed E-state index contributed by atoms with van der Waals surface area (Å²) in [5.41, 5.74) is 0. The summed E-state index contributed by atoms with van der Waals surface area (Å²) in [7, 11) is 0. The minimum absolute atomic E-state index is 0.124. The van der Waals surface area contributed by atoms with Crippen molar-refractivity contribution in [2.24, 2.45) is 0 Å². The third-order valence-corrected chi connectivity index (χ3v) is 1.74. The van der Waals surface area contributed by atoms with E-state index in [1.807, 2.05) is 0 Å². The van der Waals surface area contributed by atoms with E-state index < -0.39 is 4.92 Å². The first-order valence-corrected chi connectivity index (χ1v) is 4.58. The Morgan fingerprint density at radius 1 is 1.75 bits per heavy atom. The molecule has 0 fully saturated rings. The average molecular weight is 225 g/mol. The molecule has 0 aliphatic heterocycles. The van der Waals surface area contributed by atoms with Crippen molar-refractivity contribution in [3.8, 4) is 0 Å². The molecule has 1 rings (SSSR count). The van der Waals surface area contributed by atoms with Gasteiger partial charge in [0, 0.05) is 6.42 Å². The number of imidazole rings is 1. The Bertz CT molecular complexity index is 399. The molecule has 0 aliphatic carbocycles. The molecule has 7 nitrogen and oxygen atoms in total. The number of ether oxygens (including phenoxy) is 1. The maximum Gasteiger partial charge on any atom is 0.340 e. The van der Waals surface area contributed by atoms with Crippen molar-refractivity contribution >= 4 is 11.8 Å². The van der Waals surface area contributed by atoms with Gasteiger partial charge in [0.05, 0.1) is 6.42 Å². The average Bonchev–Trinajstić information content (AvgIpc) is 2.72. The maximum absolute atomic E-state index is 11.1. The maximum atomic E-state index is 11.1. The number of carbonyl (C=O) groups excluding carboxylic acids is 1. The Morgan fingerprint density at radius 3 is 3.06 bits per heavy atom. The van der Waals surface area contributed by atoms with Crippen LogP contribution in [0.25, 0.3) is 0 Å². The van der Waals surface area contributed by atoms with Crippen LogP contribution in [0.5, 0.6) is 0 Å². The number of hydrogen-bond donors (Lipinski definition) is 1. The fourth-order valence-electron chi connectivity index (χ4n) is 1.02. The summed E-state index contributed by atoms with van der Waals surface area (Å²) < 4.78 is 4.73. The van der Waals surface area contributed by atoms with Crippen LogP contribution < -0.4 is 0 Å². The van der Waals surface area contributed by atoms with Crippen LogP contribution in [-0.2, 0) is 16.0 Å². The second-order valence-electron chi connectivity index (χ2n) is 2.94. The predicted molar refractivity (Wildman–Crippen MR) is 54.7 cm³/mol. The Balaban J connectivity index is 2.39. The Labute approximate surface area is 91.3 Å². The molecule has 16 heavy (non-hydrogen) atoms. The zero-order valence-corrected chi connectivity index (χ0v) is 8.51. The van der Waals surface area contributed by atoms with E-state index in [-0.39, 0.29) is 31.2 Å². The Kier molecular flexibility index (Phi) is 4.19. The van der Waals surface area contributed by atoms with Gasteiger partial charge in [0.2, 0.25) is 0 Å². The van der Waals surface area contributed by atoms with E-state index in [1.54, 1.807) is 0 Å². The highest BCUT2D eigenvalue weighted by atomic mass is 16.6. The van der Waals surface area contributed by atoms with Gasteiger partial charge in [0.1, 0.15) is 12.8 Å². The number of nitro groups is 1. The molecule has 0 aliphatic rings. The third kappa shape index (κ3) is 3.52. The topological polar surface area (TPSA) is 98.1 Å². The van der Waals surface area contributed by atoms with Crippen LogP contribution in [-0.4, -0.2) is 27.5 Å². The summed E-state index contributed by atoms with van der Waals surface area (Å²) in [6.07, 6.45) is 2.99. The lowest BCUT2D eigenvalue weighted by atomic mass is 10.3. The van der Waals surface area contributed by atoms with Crippen molar-refractivity contribution in [3.63, 3.8) is 0 Å². The number of esters is 1. The molecule has 1 N–H and O–H groups in total. The molecule has 0 unspecified atom stereocenters. The fraction of sp³-hybridized carbons (Fsp3) is 0.333.